The van der Waals surface area contributed by atoms with E-state index in [-0.39, 0.29) is 0 Å². The van der Waals surface area contributed by atoms with Gasteiger partial charge in [0.25, 0.3) is 0 Å². The summed E-state index contributed by atoms with van der Waals surface area (Å²) in [6.45, 7) is 2.13. The smallest absolute Gasteiger partial charge is 0.129 e. The molecular formula is C6H11N3S. The van der Waals surface area contributed by atoms with Gasteiger partial charge in [-0.15, -0.1) is 0 Å². The maximum Gasteiger partial charge on any atom is 0.129 e. The van der Waals surface area contributed by atoms with E-state index >= 15 is 0 Å². The second-order valence-electron chi connectivity index (χ2n) is 2.23. The summed E-state index contributed by atoms with van der Waals surface area (Å²) in [5, 5.41) is 4.24. The van der Waals surface area contributed by atoms with Gasteiger partial charge in [-0.25, -0.2) is 4.98 Å². The Bertz CT molecular complexity index is 173. The molecule has 0 saturated carbocycles. The van der Waals surface area contributed by atoms with Crippen molar-refractivity contribution in [3.05, 3.63) is 11.3 Å². The number of rotatable bonds is 3. The van der Waals surface area contributed by atoms with Gasteiger partial charge in [-0.05, 0) is 25.5 Å². The van der Waals surface area contributed by atoms with E-state index in [0.717, 1.165) is 11.4 Å². The molecule has 1 unspecified atom stereocenters. The van der Waals surface area contributed by atoms with Gasteiger partial charge in [0, 0.05) is 12.5 Å². The minimum Gasteiger partial charge on any atom is -0.317 e. The average Bonchev–Trinajstić information content (AvgIpc) is 2.40. The van der Waals surface area contributed by atoms with E-state index in [2.05, 4.69) is 21.6 Å². The van der Waals surface area contributed by atoms with E-state index in [1.165, 1.54) is 11.5 Å². The van der Waals surface area contributed by atoms with Gasteiger partial charge in [-0.3, -0.25) is 0 Å². The first-order valence-corrected chi connectivity index (χ1v) is 4.03. The van der Waals surface area contributed by atoms with Gasteiger partial charge >= 0.3 is 0 Å². The zero-order valence-electron chi connectivity index (χ0n) is 6.16. The Morgan fingerprint density at radius 1 is 1.80 bits per heavy atom. The summed E-state index contributed by atoms with van der Waals surface area (Å²) < 4.78 is 3.91. The molecule has 10 heavy (non-hydrogen) atoms. The molecule has 0 bridgehead atoms. The lowest BCUT2D eigenvalue weighted by molar-refractivity contribution is 0.607. The van der Waals surface area contributed by atoms with Gasteiger partial charge in [-0.2, -0.15) is 4.37 Å². The predicted octanol–water partition coefficient (Wildman–Crippen LogP) is 0.688. The zero-order valence-corrected chi connectivity index (χ0v) is 6.98. The van der Waals surface area contributed by atoms with Crippen molar-refractivity contribution in [2.45, 2.75) is 19.4 Å². The van der Waals surface area contributed by atoms with E-state index in [1.807, 2.05) is 7.05 Å². The lowest BCUT2D eigenvalue weighted by atomic mass is 10.2. The molecule has 1 aromatic rings. The number of nitrogens with one attached hydrogen (secondary N) is 1. The number of aromatic nitrogens is 2. The summed E-state index contributed by atoms with van der Waals surface area (Å²) >= 11 is 1.47. The van der Waals surface area contributed by atoms with Gasteiger partial charge < -0.3 is 5.32 Å². The Morgan fingerprint density at radius 3 is 3.10 bits per heavy atom. The number of nitrogens with zero attached hydrogens (tertiary/aromatic N) is 2. The molecule has 0 amide bonds. The van der Waals surface area contributed by atoms with Crippen LogP contribution in [0.5, 0.6) is 0 Å². The maximum atomic E-state index is 4.07. The molecule has 0 radical (unpaired) electrons. The van der Waals surface area contributed by atoms with Crippen LogP contribution in [0.3, 0.4) is 0 Å². The highest BCUT2D eigenvalue weighted by Crippen LogP contribution is 2.02. The number of likely N-dealkylation sites (N-methyl/N-ethyl adjacent to an activating group) is 1. The van der Waals surface area contributed by atoms with Crippen LogP contribution in [-0.2, 0) is 6.42 Å². The van der Waals surface area contributed by atoms with Crippen molar-refractivity contribution in [2.24, 2.45) is 0 Å². The van der Waals surface area contributed by atoms with Gasteiger partial charge in [0.2, 0.25) is 0 Å². The molecule has 0 saturated heterocycles. The topological polar surface area (TPSA) is 37.8 Å². The largest absolute Gasteiger partial charge is 0.317 e. The molecule has 3 nitrogen and oxygen atoms in total. The first-order chi connectivity index (χ1) is 4.83. The Kier molecular flexibility index (Phi) is 2.77. The molecule has 0 aliphatic rings. The minimum absolute atomic E-state index is 0.493. The van der Waals surface area contributed by atoms with Crippen LogP contribution in [0.2, 0.25) is 0 Å². The van der Waals surface area contributed by atoms with Crippen LogP contribution in [0.1, 0.15) is 11.9 Å². The Labute approximate surface area is 64.7 Å². The number of hydrogen-bond acceptors (Lipinski definition) is 4. The van der Waals surface area contributed by atoms with Gasteiger partial charge in [0.15, 0.2) is 0 Å². The third kappa shape index (κ3) is 2.04. The highest BCUT2D eigenvalue weighted by Gasteiger charge is 2.01. The van der Waals surface area contributed by atoms with Crippen molar-refractivity contribution >= 4 is 11.5 Å². The third-order valence-corrected chi connectivity index (χ3v) is 2.06. The van der Waals surface area contributed by atoms with Crippen LogP contribution >= 0.6 is 11.5 Å². The lowest BCUT2D eigenvalue weighted by Crippen LogP contribution is -2.23. The summed E-state index contributed by atoms with van der Waals surface area (Å²) in [6.07, 6.45) is 2.57. The maximum absolute atomic E-state index is 4.07. The van der Waals surface area contributed by atoms with Crippen LogP contribution in [0, 0.1) is 0 Å². The van der Waals surface area contributed by atoms with E-state index in [9.17, 15) is 0 Å². The molecule has 1 aromatic heterocycles. The second-order valence-corrected chi connectivity index (χ2v) is 3.09. The van der Waals surface area contributed by atoms with Crippen molar-refractivity contribution < 1.29 is 0 Å². The summed E-state index contributed by atoms with van der Waals surface area (Å²) in [4.78, 5) is 4.07. The third-order valence-electron chi connectivity index (χ3n) is 1.38. The van der Waals surface area contributed by atoms with Crippen molar-refractivity contribution in [3.8, 4) is 0 Å². The van der Waals surface area contributed by atoms with Crippen LogP contribution in [0.4, 0.5) is 0 Å². The van der Waals surface area contributed by atoms with Crippen molar-refractivity contribution in [2.75, 3.05) is 7.05 Å². The molecule has 1 heterocycles. The summed E-state index contributed by atoms with van der Waals surface area (Å²) in [6, 6.07) is 0.493. The van der Waals surface area contributed by atoms with E-state index < -0.39 is 0 Å². The summed E-state index contributed by atoms with van der Waals surface area (Å²) in [5.41, 5.74) is 0. The first kappa shape index (κ1) is 7.63. The number of hydrogen-bond donors (Lipinski definition) is 1. The fourth-order valence-corrected chi connectivity index (χ4v) is 1.28. The van der Waals surface area contributed by atoms with E-state index in [0.29, 0.717) is 6.04 Å². The molecule has 0 fully saturated rings. The summed E-state index contributed by atoms with van der Waals surface area (Å²) in [5.74, 6) is 0. The highest BCUT2D eigenvalue weighted by atomic mass is 32.1. The molecule has 1 atom stereocenters. The minimum atomic E-state index is 0.493. The Hall–Kier alpha value is -0.480. The van der Waals surface area contributed by atoms with E-state index in [4.69, 9.17) is 0 Å². The summed E-state index contributed by atoms with van der Waals surface area (Å²) in [7, 11) is 1.95. The lowest BCUT2D eigenvalue weighted by Gasteiger charge is -2.05. The second kappa shape index (κ2) is 3.63. The quantitative estimate of drug-likeness (QED) is 0.701. The van der Waals surface area contributed by atoms with Crippen LogP contribution < -0.4 is 5.32 Å². The van der Waals surface area contributed by atoms with Gasteiger partial charge in [-0.1, -0.05) is 0 Å². The molecular weight excluding hydrogens is 146 g/mol. The molecule has 1 N–H and O–H groups in total. The molecule has 0 spiro atoms. The standard InChI is InChI=1S/C6H11N3S/c1-5(7-2)3-6-8-4-9-10-6/h4-5,7H,3H2,1-2H3. The highest BCUT2D eigenvalue weighted by molar-refractivity contribution is 7.05. The predicted molar refractivity (Wildman–Crippen MR) is 42.1 cm³/mol. The van der Waals surface area contributed by atoms with Crippen molar-refractivity contribution in [3.63, 3.8) is 0 Å². The average molecular weight is 157 g/mol. The zero-order chi connectivity index (χ0) is 7.40. The molecule has 1 rings (SSSR count). The van der Waals surface area contributed by atoms with Crippen molar-refractivity contribution in [1.29, 1.82) is 0 Å². The van der Waals surface area contributed by atoms with Crippen LogP contribution in [0.25, 0.3) is 0 Å². The first-order valence-electron chi connectivity index (χ1n) is 3.25. The molecule has 56 valence electrons. The van der Waals surface area contributed by atoms with Gasteiger partial charge in [0.05, 0.1) is 0 Å². The molecule has 0 aliphatic carbocycles. The SMILES string of the molecule is CNC(C)Cc1ncns1. The molecule has 0 aliphatic heterocycles. The van der Waals surface area contributed by atoms with E-state index in [1.54, 1.807) is 6.33 Å². The molecule has 4 heteroatoms. The van der Waals surface area contributed by atoms with Crippen molar-refractivity contribution in [1.82, 2.24) is 14.7 Å². The van der Waals surface area contributed by atoms with Crippen LogP contribution in [0.15, 0.2) is 6.33 Å². The Balaban J connectivity index is 2.40. The normalized spacial score (nSPS) is 13.4. The van der Waals surface area contributed by atoms with Gasteiger partial charge in [0.1, 0.15) is 11.3 Å². The van der Waals surface area contributed by atoms with Crippen LogP contribution in [-0.4, -0.2) is 22.4 Å². The Morgan fingerprint density at radius 2 is 2.60 bits per heavy atom. The fraction of sp³-hybridized carbons (Fsp3) is 0.667. The fourth-order valence-electron chi connectivity index (χ4n) is 0.650. The monoisotopic (exact) mass is 157 g/mol. The molecule has 0 aromatic carbocycles.